The maximum atomic E-state index is 7.38. The van der Waals surface area contributed by atoms with Crippen LogP contribution in [0.4, 0.5) is 0 Å². The highest BCUT2D eigenvalue weighted by atomic mass is 14.4. The number of hydrogen-bond donors (Lipinski definition) is 2. The van der Waals surface area contributed by atoms with Crippen molar-refractivity contribution in [2.24, 2.45) is 0 Å². The van der Waals surface area contributed by atoms with Crippen molar-refractivity contribution in [3.63, 3.8) is 0 Å². The molecule has 0 fully saturated rings. The first kappa shape index (κ1) is 14.1. The Morgan fingerprint density at radius 3 is 1.85 bits per heavy atom. The van der Waals surface area contributed by atoms with Crippen molar-refractivity contribution in [2.75, 3.05) is 0 Å². The van der Waals surface area contributed by atoms with Crippen molar-refractivity contribution in [3.8, 4) is 0 Å². The lowest BCUT2D eigenvalue weighted by Gasteiger charge is -2.00. The molecular formula is C11H18N2. The number of nitrogens with one attached hydrogen (secondary N) is 2. The monoisotopic (exact) mass is 178 g/mol. The Bertz CT molecular complexity index is 234. The number of rotatable bonds is 4. The quantitative estimate of drug-likeness (QED) is 0.490. The largest absolute Gasteiger partial charge is 0.308 e. The van der Waals surface area contributed by atoms with Crippen LogP contribution in [0.5, 0.6) is 0 Å². The predicted molar refractivity (Wildman–Crippen MR) is 61.0 cm³/mol. The standard InChI is InChI=1S/C9H12N2.C2H6/c1-4-8(7(3)6-10)9(11)5-2;1-2/h4-6,10-11H,1-2H2,3H3;1-2H3/b8-7-,10-6?,11-9?;. The molecule has 0 unspecified atom stereocenters. The number of allylic oxidation sites excluding steroid dienone is 4. The first-order chi connectivity index (χ1) is 6.17. The van der Waals surface area contributed by atoms with Crippen LogP contribution in [0.2, 0.25) is 0 Å². The minimum absolute atomic E-state index is 0.306. The van der Waals surface area contributed by atoms with Gasteiger partial charge in [0.25, 0.3) is 0 Å². The maximum Gasteiger partial charge on any atom is 0.0609 e. The van der Waals surface area contributed by atoms with Gasteiger partial charge < -0.3 is 10.8 Å². The molecule has 0 aromatic rings. The number of hydrogen-bond acceptors (Lipinski definition) is 2. The molecule has 0 aliphatic carbocycles. The minimum atomic E-state index is 0.306. The fourth-order valence-electron chi connectivity index (χ4n) is 0.671. The van der Waals surface area contributed by atoms with Crippen LogP contribution in [0.1, 0.15) is 20.8 Å². The zero-order valence-corrected chi connectivity index (χ0v) is 8.65. The summed E-state index contributed by atoms with van der Waals surface area (Å²) in [4.78, 5) is 0. The van der Waals surface area contributed by atoms with Crippen molar-refractivity contribution in [1.29, 1.82) is 10.8 Å². The van der Waals surface area contributed by atoms with E-state index in [1.807, 2.05) is 13.8 Å². The predicted octanol–water partition coefficient (Wildman–Crippen LogP) is 3.37. The molecule has 2 heteroatoms. The summed E-state index contributed by atoms with van der Waals surface area (Å²) < 4.78 is 0. The third kappa shape index (κ3) is 4.90. The van der Waals surface area contributed by atoms with Gasteiger partial charge in [0.2, 0.25) is 0 Å². The molecule has 2 N–H and O–H groups in total. The first-order valence-electron chi connectivity index (χ1n) is 4.22. The minimum Gasteiger partial charge on any atom is -0.308 e. The molecule has 0 heterocycles. The molecule has 0 rings (SSSR count). The Labute approximate surface area is 80.7 Å². The fourth-order valence-corrected chi connectivity index (χ4v) is 0.671. The van der Waals surface area contributed by atoms with Gasteiger partial charge in [0, 0.05) is 11.8 Å². The summed E-state index contributed by atoms with van der Waals surface area (Å²) in [6.45, 7) is 12.8. The summed E-state index contributed by atoms with van der Waals surface area (Å²) >= 11 is 0. The van der Waals surface area contributed by atoms with Gasteiger partial charge in [-0.2, -0.15) is 0 Å². The van der Waals surface area contributed by atoms with Crippen LogP contribution in [0.25, 0.3) is 0 Å². The zero-order chi connectivity index (χ0) is 10.9. The molecule has 0 radical (unpaired) electrons. The summed E-state index contributed by atoms with van der Waals surface area (Å²) in [6, 6.07) is 0. The molecule has 0 aliphatic heterocycles. The van der Waals surface area contributed by atoms with E-state index in [0.717, 1.165) is 5.57 Å². The fraction of sp³-hybridized carbons (Fsp3) is 0.273. The van der Waals surface area contributed by atoms with E-state index in [2.05, 4.69) is 13.2 Å². The molecule has 0 amide bonds. The highest BCUT2D eigenvalue weighted by molar-refractivity contribution is 6.10. The SMILES string of the molecule is C=CC(=N)/C(C=C)=C(/C)C=N.CC. The second-order valence-electron chi connectivity index (χ2n) is 2.06. The summed E-state index contributed by atoms with van der Waals surface area (Å²) in [7, 11) is 0. The van der Waals surface area contributed by atoms with Crippen molar-refractivity contribution < 1.29 is 0 Å². The molecule has 2 nitrogen and oxygen atoms in total. The Kier molecular flexibility index (Phi) is 9.39. The van der Waals surface area contributed by atoms with Crippen molar-refractivity contribution >= 4 is 11.9 Å². The van der Waals surface area contributed by atoms with Gasteiger partial charge in [-0.15, -0.1) is 0 Å². The molecule has 72 valence electrons. The lowest BCUT2D eigenvalue weighted by molar-refractivity contribution is 1.45. The highest BCUT2D eigenvalue weighted by Gasteiger charge is 1.98. The molecule has 0 spiro atoms. The van der Waals surface area contributed by atoms with Crippen molar-refractivity contribution in [3.05, 3.63) is 36.5 Å². The van der Waals surface area contributed by atoms with Gasteiger partial charge in [0.15, 0.2) is 0 Å². The summed E-state index contributed by atoms with van der Waals surface area (Å²) in [6.07, 6.45) is 4.20. The van der Waals surface area contributed by atoms with Crippen LogP contribution in [0.15, 0.2) is 36.5 Å². The van der Waals surface area contributed by atoms with E-state index < -0.39 is 0 Å². The molecule has 0 aliphatic rings. The highest BCUT2D eigenvalue weighted by Crippen LogP contribution is 2.04. The lowest BCUT2D eigenvalue weighted by atomic mass is 10.1. The van der Waals surface area contributed by atoms with Crippen molar-refractivity contribution in [1.82, 2.24) is 0 Å². The lowest BCUT2D eigenvalue weighted by Crippen LogP contribution is -1.97. The van der Waals surface area contributed by atoms with Gasteiger partial charge in [-0.1, -0.05) is 33.1 Å². The van der Waals surface area contributed by atoms with Crippen LogP contribution in [0, 0.1) is 10.8 Å². The summed E-state index contributed by atoms with van der Waals surface area (Å²) in [5.41, 5.74) is 1.70. The van der Waals surface area contributed by atoms with E-state index in [0.29, 0.717) is 11.3 Å². The van der Waals surface area contributed by atoms with Gasteiger partial charge in [0.1, 0.15) is 0 Å². The molecule has 0 aromatic heterocycles. The molecule has 0 aromatic carbocycles. The zero-order valence-electron chi connectivity index (χ0n) is 8.65. The van der Waals surface area contributed by atoms with Gasteiger partial charge >= 0.3 is 0 Å². The van der Waals surface area contributed by atoms with E-state index in [1.165, 1.54) is 12.3 Å². The average molecular weight is 178 g/mol. The Balaban J connectivity index is 0. The normalized spacial score (nSPS) is 10.1. The Hall–Kier alpha value is -1.44. The summed E-state index contributed by atoms with van der Waals surface area (Å²) in [5.74, 6) is 0. The molecule has 0 saturated carbocycles. The van der Waals surface area contributed by atoms with Crippen LogP contribution in [-0.4, -0.2) is 11.9 Å². The van der Waals surface area contributed by atoms with Gasteiger partial charge in [-0.25, -0.2) is 0 Å². The maximum absolute atomic E-state index is 7.38. The van der Waals surface area contributed by atoms with Gasteiger partial charge in [0.05, 0.1) is 5.71 Å². The molecule has 0 saturated heterocycles. The second kappa shape index (κ2) is 8.65. The molecular weight excluding hydrogens is 160 g/mol. The topological polar surface area (TPSA) is 47.7 Å². The van der Waals surface area contributed by atoms with Crippen LogP contribution >= 0.6 is 0 Å². The van der Waals surface area contributed by atoms with Crippen molar-refractivity contribution in [2.45, 2.75) is 20.8 Å². The van der Waals surface area contributed by atoms with Crippen LogP contribution < -0.4 is 0 Å². The van der Waals surface area contributed by atoms with Gasteiger partial charge in [-0.3, -0.25) is 0 Å². The van der Waals surface area contributed by atoms with Gasteiger partial charge in [-0.05, 0) is 18.6 Å². The molecule has 0 atom stereocenters. The third-order valence-corrected chi connectivity index (χ3v) is 1.34. The Morgan fingerprint density at radius 1 is 1.15 bits per heavy atom. The smallest absolute Gasteiger partial charge is 0.0609 e. The molecule has 0 bridgehead atoms. The van der Waals surface area contributed by atoms with E-state index in [9.17, 15) is 0 Å². The van der Waals surface area contributed by atoms with Crippen LogP contribution in [0.3, 0.4) is 0 Å². The second-order valence-corrected chi connectivity index (χ2v) is 2.06. The first-order valence-corrected chi connectivity index (χ1v) is 4.22. The van der Waals surface area contributed by atoms with Crippen LogP contribution in [-0.2, 0) is 0 Å². The summed E-state index contributed by atoms with van der Waals surface area (Å²) in [5, 5.41) is 14.3. The van der Waals surface area contributed by atoms with E-state index in [-0.39, 0.29) is 0 Å². The van der Waals surface area contributed by atoms with E-state index in [4.69, 9.17) is 10.8 Å². The third-order valence-electron chi connectivity index (χ3n) is 1.34. The van der Waals surface area contributed by atoms with E-state index >= 15 is 0 Å². The molecule has 13 heavy (non-hydrogen) atoms. The Morgan fingerprint density at radius 2 is 1.62 bits per heavy atom. The average Bonchev–Trinajstić information content (AvgIpc) is 2.21. The van der Waals surface area contributed by atoms with E-state index in [1.54, 1.807) is 13.0 Å².